The van der Waals surface area contributed by atoms with Crippen molar-refractivity contribution in [1.82, 2.24) is 10.2 Å². The zero-order valence-corrected chi connectivity index (χ0v) is 13.5. The van der Waals surface area contributed by atoms with Crippen LogP contribution in [0.5, 0.6) is 0 Å². The SMILES string of the molecule is CCNC(CCN(C)CC1CCCCC1)C(=O)OCC. The summed E-state index contributed by atoms with van der Waals surface area (Å²) in [6.45, 7) is 7.26. The molecule has 0 radical (unpaired) electrons. The zero-order chi connectivity index (χ0) is 14.8. The Bertz CT molecular complexity index is 265. The van der Waals surface area contributed by atoms with Crippen LogP contribution in [0.25, 0.3) is 0 Å². The molecule has 1 atom stereocenters. The predicted molar refractivity (Wildman–Crippen MR) is 82.8 cm³/mol. The fraction of sp³-hybridized carbons (Fsp3) is 0.938. The van der Waals surface area contributed by atoms with E-state index in [0.717, 1.165) is 25.4 Å². The predicted octanol–water partition coefficient (Wildman–Crippen LogP) is 2.43. The number of rotatable bonds is 9. The lowest BCUT2D eigenvalue weighted by Gasteiger charge is -2.28. The lowest BCUT2D eigenvalue weighted by Crippen LogP contribution is -2.41. The summed E-state index contributed by atoms with van der Waals surface area (Å²) < 4.78 is 5.12. The number of carbonyl (C=O) groups excluding carboxylic acids is 1. The van der Waals surface area contributed by atoms with Gasteiger partial charge in [0.2, 0.25) is 0 Å². The van der Waals surface area contributed by atoms with Crippen molar-refractivity contribution in [2.24, 2.45) is 5.92 Å². The smallest absolute Gasteiger partial charge is 0.323 e. The summed E-state index contributed by atoms with van der Waals surface area (Å²) in [5.74, 6) is 0.745. The van der Waals surface area contributed by atoms with Gasteiger partial charge in [0, 0.05) is 6.54 Å². The Hall–Kier alpha value is -0.610. The Labute approximate surface area is 124 Å². The average Bonchev–Trinajstić information content (AvgIpc) is 2.44. The molecule has 4 nitrogen and oxygen atoms in total. The molecule has 0 saturated heterocycles. The summed E-state index contributed by atoms with van der Waals surface area (Å²) in [5, 5.41) is 3.22. The first-order chi connectivity index (χ1) is 9.67. The van der Waals surface area contributed by atoms with Gasteiger partial charge in [-0.15, -0.1) is 0 Å². The van der Waals surface area contributed by atoms with E-state index >= 15 is 0 Å². The minimum atomic E-state index is -0.159. The van der Waals surface area contributed by atoms with Gasteiger partial charge in [-0.1, -0.05) is 26.2 Å². The highest BCUT2D eigenvalue weighted by molar-refractivity contribution is 5.75. The Morgan fingerprint density at radius 1 is 1.30 bits per heavy atom. The summed E-state index contributed by atoms with van der Waals surface area (Å²) in [7, 11) is 2.17. The van der Waals surface area contributed by atoms with Crippen molar-refractivity contribution in [3.63, 3.8) is 0 Å². The van der Waals surface area contributed by atoms with Crippen molar-refractivity contribution >= 4 is 5.97 Å². The number of carbonyl (C=O) groups is 1. The van der Waals surface area contributed by atoms with Crippen molar-refractivity contribution in [3.05, 3.63) is 0 Å². The zero-order valence-electron chi connectivity index (χ0n) is 13.5. The lowest BCUT2D eigenvalue weighted by molar-refractivity contribution is -0.145. The second-order valence-electron chi connectivity index (χ2n) is 5.92. The maximum absolute atomic E-state index is 11.8. The van der Waals surface area contributed by atoms with Gasteiger partial charge in [0.05, 0.1) is 6.61 Å². The van der Waals surface area contributed by atoms with Crippen LogP contribution in [0.2, 0.25) is 0 Å². The minimum absolute atomic E-state index is 0.111. The van der Waals surface area contributed by atoms with E-state index in [2.05, 4.69) is 17.3 Å². The first-order valence-electron chi connectivity index (χ1n) is 8.25. The molecule has 0 aromatic heterocycles. The fourth-order valence-electron chi connectivity index (χ4n) is 3.04. The molecule has 1 rings (SSSR count). The number of nitrogens with zero attached hydrogens (tertiary/aromatic N) is 1. The number of hydrogen-bond acceptors (Lipinski definition) is 4. The van der Waals surface area contributed by atoms with E-state index in [1.807, 2.05) is 13.8 Å². The fourth-order valence-corrected chi connectivity index (χ4v) is 3.04. The van der Waals surface area contributed by atoms with Gasteiger partial charge >= 0.3 is 5.97 Å². The maximum Gasteiger partial charge on any atom is 0.323 e. The second kappa shape index (κ2) is 10.2. The van der Waals surface area contributed by atoms with Gasteiger partial charge in [0.25, 0.3) is 0 Å². The summed E-state index contributed by atoms with van der Waals surface area (Å²) in [6.07, 6.45) is 7.77. The summed E-state index contributed by atoms with van der Waals surface area (Å²) >= 11 is 0. The molecular formula is C16H32N2O2. The third kappa shape index (κ3) is 6.71. The van der Waals surface area contributed by atoms with Crippen LogP contribution in [0.3, 0.4) is 0 Å². The van der Waals surface area contributed by atoms with Crippen molar-refractivity contribution in [1.29, 1.82) is 0 Å². The second-order valence-corrected chi connectivity index (χ2v) is 5.92. The standard InChI is InChI=1S/C16H32N2O2/c1-4-17-15(16(19)20-5-2)11-12-18(3)13-14-9-7-6-8-10-14/h14-15,17H,4-13H2,1-3H3. The van der Waals surface area contributed by atoms with Crippen molar-refractivity contribution < 1.29 is 9.53 Å². The average molecular weight is 284 g/mol. The molecular weight excluding hydrogens is 252 g/mol. The van der Waals surface area contributed by atoms with Crippen LogP contribution in [0.4, 0.5) is 0 Å². The van der Waals surface area contributed by atoms with Gasteiger partial charge in [-0.05, 0) is 52.2 Å². The highest BCUT2D eigenvalue weighted by Gasteiger charge is 2.20. The van der Waals surface area contributed by atoms with Gasteiger partial charge in [0.15, 0.2) is 0 Å². The third-order valence-electron chi connectivity index (χ3n) is 4.12. The molecule has 0 aliphatic heterocycles. The first-order valence-corrected chi connectivity index (χ1v) is 8.25. The van der Waals surface area contributed by atoms with Crippen LogP contribution in [-0.4, -0.2) is 50.2 Å². The summed E-state index contributed by atoms with van der Waals surface area (Å²) in [5.41, 5.74) is 0. The molecule has 1 fully saturated rings. The Morgan fingerprint density at radius 2 is 2.00 bits per heavy atom. The Kier molecular flexibility index (Phi) is 8.86. The molecule has 118 valence electrons. The summed E-state index contributed by atoms with van der Waals surface area (Å²) in [4.78, 5) is 14.2. The number of nitrogens with one attached hydrogen (secondary N) is 1. The molecule has 1 N–H and O–H groups in total. The molecule has 1 unspecified atom stereocenters. The molecule has 1 saturated carbocycles. The molecule has 20 heavy (non-hydrogen) atoms. The third-order valence-corrected chi connectivity index (χ3v) is 4.12. The van der Waals surface area contributed by atoms with Gasteiger partial charge in [-0.25, -0.2) is 0 Å². The molecule has 0 amide bonds. The van der Waals surface area contributed by atoms with E-state index < -0.39 is 0 Å². The Morgan fingerprint density at radius 3 is 2.60 bits per heavy atom. The van der Waals surface area contributed by atoms with E-state index in [0.29, 0.717) is 6.61 Å². The highest BCUT2D eigenvalue weighted by atomic mass is 16.5. The van der Waals surface area contributed by atoms with Crippen LogP contribution < -0.4 is 5.32 Å². The first kappa shape index (κ1) is 17.4. The van der Waals surface area contributed by atoms with Crippen LogP contribution in [0.15, 0.2) is 0 Å². The Balaban J connectivity index is 2.27. The largest absolute Gasteiger partial charge is 0.465 e. The molecule has 0 bridgehead atoms. The van der Waals surface area contributed by atoms with E-state index in [1.54, 1.807) is 0 Å². The number of likely N-dealkylation sites (N-methyl/N-ethyl adjacent to an activating group) is 1. The van der Waals surface area contributed by atoms with Crippen molar-refractivity contribution in [3.8, 4) is 0 Å². The normalized spacial score (nSPS) is 18.2. The number of ether oxygens (including phenoxy) is 1. The summed E-state index contributed by atoms with van der Waals surface area (Å²) in [6, 6.07) is -0.159. The van der Waals surface area contributed by atoms with Gasteiger partial charge < -0.3 is 15.0 Å². The molecule has 0 spiro atoms. The van der Waals surface area contributed by atoms with E-state index in [-0.39, 0.29) is 12.0 Å². The molecule has 0 heterocycles. The number of hydrogen-bond donors (Lipinski definition) is 1. The van der Waals surface area contributed by atoms with Crippen LogP contribution in [0.1, 0.15) is 52.4 Å². The quantitative estimate of drug-likeness (QED) is 0.660. The van der Waals surface area contributed by atoms with Crippen LogP contribution in [-0.2, 0) is 9.53 Å². The van der Waals surface area contributed by atoms with Crippen LogP contribution >= 0.6 is 0 Å². The molecule has 1 aliphatic carbocycles. The minimum Gasteiger partial charge on any atom is -0.465 e. The molecule has 1 aliphatic rings. The van der Waals surface area contributed by atoms with E-state index in [4.69, 9.17) is 4.74 Å². The van der Waals surface area contributed by atoms with Gasteiger partial charge in [-0.3, -0.25) is 4.79 Å². The molecule has 4 heteroatoms. The monoisotopic (exact) mass is 284 g/mol. The van der Waals surface area contributed by atoms with Crippen LogP contribution in [0, 0.1) is 5.92 Å². The topological polar surface area (TPSA) is 41.6 Å². The molecule has 0 aromatic carbocycles. The van der Waals surface area contributed by atoms with Gasteiger partial charge in [-0.2, -0.15) is 0 Å². The van der Waals surface area contributed by atoms with E-state index in [9.17, 15) is 4.79 Å². The van der Waals surface area contributed by atoms with Crippen molar-refractivity contribution in [2.45, 2.75) is 58.4 Å². The number of esters is 1. The maximum atomic E-state index is 11.8. The highest BCUT2D eigenvalue weighted by Crippen LogP contribution is 2.24. The molecule has 0 aromatic rings. The lowest BCUT2D eigenvalue weighted by atomic mass is 9.89. The van der Waals surface area contributed by atoms with Crippen molar-refractivity contribution in [2.75, 3.05) is 33.3 Å². The van der Waals surface area contributed by atoms with Gasteiger partial charge in [0.1, 0.15) is 6.04 Å². The van der Waals surface area contributed by atoms with E-state index in [1.165, 1.54) is 38.6 Å².